The minimum atomic E-state index is -0.379. The zero-order valence-corrected chi connectivity index (χ0v) is 13.9. The summed E-state index contributed by atoms with van der Waals surface area (Å²) in [4.78, 5) is 15.1. The van der Waals surface area contributed by atoms with E-state index in [9.17, 15) is 10.1 Å². The molecule has 1 heterocycles. The Hall–Kier alpha value is -1.44. The molecule has 1 aromatic heterocycles. The fourth-order valence-electron chi connectivity index (χ4n) is 1.87. The molecule has 0 amide bonds. The number of hydrogen-bond donors (Lipinski definition) is 0. The highest BCUT2D eigenvalue weighted by Crippen LogP contribution is 2.35. The SMILES string of the molecule is O=[N+]([O-])c1cccc(CSc2nc3ccccc3s2)c1Br. The van der Waals surface area contributed by atoms with Crippen LogP contribution >= 0.6 is 39.0 Å². The van der Waals surface area contributed by atoms with Gasteiger partial charge < -0.3 is 0 Å². The number of fused-ring (bicyclic) bond motifs is 1. The second kappa shape index (κ2) is 6.13. The predicted octanol–water partition coefficient (Wildman–Crippen LogP) is 5.26. The lowest BCUT2D eigenvalue weighted by molar-refractivity contribution is -0.385. The Morgan fingerprint density at radius 1 is 1.24 bits per heavy atom. The van der Waals surface area contributed by atoms with E-state index in [1.807, 2.05) is 30.3 Å². The van der Waals surface area contributed by atoms with Crippen molar-refractivity contribution in [1.82, 2.24) is 4.98 Å². The van der Waals surface area contributed by atoms with Crippen LogP contribution in [-0.4, -0.2) is 9.91 Å². The minimum absolute atomic E-state index is 0.0948. The summed E-state index contributed by atoms with van der Waals surface area (Å²) in [6.07, 6.45) is 0. The van der Waals surface area contributed by atoms with Crippen molar-refractivity contribution in [2.45, 2.75) is 10.1 Å². The fraction of sp³-hybridized carbons (Fsp3) is 0.0714. The molecule has 0 N–H and O–H groups in total. The summed E-state index contributed by atoms with van der Waals surface area (Å²) in [5.41, 5.74) is 1.98. The van der Waals surface area contributed by atoms with Gasteiger partial charge in [0, 0.05) is 11.8 Å². The second-order valence-corrected chi connectivity index (χ2v) is 7.29. The molecular formula is C14H9BrN2O2S2. The van der Waals surface area contributed by atoms with Gasteiger partial charge >= 0.3 is 0 Å². The Bertz CT molecular complexity index is 787. The Kier molecular flexibility index (Phi) is 4.23. The molecule has 0 atom stereocenters. The first-order valence-electron chi connectivity index (χ1n) is 6.05. The number of thiazole rings is 1. The third kappa shape index (κ3) is 3.09. The van der Waals surface area contributed by atoms with Gasteiger partial charge in [0.25, 0.3) is 5.69 Å². The molecule has 0 saturated heterocycles. The average Bonchev–Trinajstić information content (AvgIpc) is 2.88. The third-order valence-corrected chi connectivity index (χ3v) is 6.02. The zero-order valence-electron chi connectivity index (χ0n) is 10.7. The molecule has 4 nitrogen and oxygen atoms in total. The van der Waals surface area contributed by atoms with Gasteiger partial charge in [0.1, 0.15) is 0 Å². The molecule has 0 aliphatic carbocycles. The molecule has 0 fully saturated rings. The van der Waals surface area contributed by atoms with E-state index in [2.05, 4.69) is 20.9 Å². The lowest BCUT2D eigenvalue weighted by atomic mass is 10.2. The van der Waals surface area contributed by atoms with Gasteiger partial charge in [0.05, 0.1) is 19.6 Å². The highest BCUT2D eigenvalue weighted by molar-refractivity contribution is 9.10. The van der Waals surface area contributed by atoms with E-state index in [4.69, 9.17) is 0 Å². The monoisotopic (exact) mass is 380 g/mol. The molecule has 0 unspecified atom stereocenters. The summed E-state index contributed by atoms with van der Waals surface area (Å²) in [5.74, 6) is 0.641. The molecular weight excluding hydrogens is 372 g/mol. The van der Waals surface area contributed by atoms with Gasteiger partial charge in [0.15, 0.2) is 4.34 Å². The van der Waals surface area contributed by atoms with E-state index in [1.54, 1.807) is 29.2 Å². The van der Waals surface area contributed by atoms with Crippen LogP contribution in [0.2, 0.25) is 0 Å². The van der Waals surface area contributed by atoms with E-state index < -0.39 is 0 Å². The third-order valence-electron chi connectivity index (χ3n) is 2.88. The first-order chi connectivity index (χ1) is 10.1. The molecule has 3 rings (SSSR count). The maximum Gasteiger partial charge on any atom is 0.283 e. The Labute approximate surface area is 137 Å². The normalized spacial score (nSPS) is 10.9. The van der Waals surface area contributed by atoms with Crippen LogP contribution in [0.15, 0.2) is 51.3 Å². The Morgan fingerprint density at radius 2 is 2.05 bits per heavy atom. The van der Waals surface area contributed by atoms with Crippen LogP contribution in [0.3, 0.4) is 0 Å². The standard InChI is InChI=1S/C14H9BrN2O2S2/c15-13-9(4-3-6-11(13)17(18)19)8-20-14-16-10-5-1-2-7-12(10)21-14/h1-7H,8H2. The number of thioether (sulfide) groups is 1. The number of rotatable bonds is 4. The van der Waals surface area contributed by atoms with Crippen LogP contribution in [0, 0.1) is 10.1 Å². The lowest BCUT2D eigenvalue weighted by Gasteiger charge is -2.03. The Balaban J connectivity index is 1.81. The van der Waals surface area contributed by atoms with Crippen LogP contribution in [-0.2, 0) is 5.75 Å². The molecule has 7 heteroatoms. The van der Waals surface area contributed by atoms with Crippen LogP contribution < -0.4 is 0 Å². The van der Waals surface area contributed by atoms with Crippen LogP contribution in [0.5, 0.6) is 0 Å². The van der Waals surface area contributed by atoms with Crippen LogP contribution in [0.25, 0.3) is 10.2 Å². The van der Waals surface area contributed by atoms with Gasteiger partial charge in [-0.2, -0.15) is 0 Å². The second-order valence-electron chi connectivity index (χ2n) is 4.24. The topological polar surface area (TPSA) is 56.0 Å². The summed E-state index contributed by atoms with van der Waals surface area (Å²) in [6, 6.07) is 13.1. The molecule has 21 heavy (non-hydrogen) atoms. The molecule has 0 aliphatic rings. The fourth-order valence-corrected chi connectivity index (χ4v) is 4.67. The summed E-state index contributed by atoms with van der Waals surface area (Å²) in [7, 11) is 0. The van der Waals surface area contributed by atoms with Gasteiger partial charge in [-0.1, -0.05) is 36.0 Å². The molecule has 3 aromatic rings. The molecule has 0 bridgehead atoms. The highest BCUT2D eigenvalue weighted by Gasteiger charge is 2.15. The lowest BCUT2D eigenvalue weighted by Crippen LogP contribution is -1.92. The molecule has 2 aromatic carbocycles. The first-order valence-corrected chi connectivity index (χ1v) is 8.65. The molecule has 0 saturated carbocycles. The van der Waals surface area contributed by atoms with Gasteiger partial charge in [-0.3, -0.25) is 10.1 Å². The van der Waals surface area contributed by atoms with E-state index >= 15 is 0 Å². The van der Waals surface area contributed by atoms with Crippen LogP contribution in [0.4, 0.5) is 5.69 Å². The minimum Gasteiger partial charge on any atom is -0.258 e. The maximum absolute atomic E-state index is 10.9. The maximum atomic E-state index is 10.9. The highest BCUT2D eigenvalue weighted by atomic mass is 79.9. The number of hydrogen-bond acceptors (Lipinski definition) is 5. The van der Waals surface area contributed by atoms with Gasteiger partial charge in [-0.15, -0.1) is 11.3 Å². The summed E-state index contributed by atoms with van der Waals surface area (Å²) < 4.78 is 2.66. The predicted molar refractivity (Wildman–Crippen MR) is 90.0 cm³/mol. The van der Waals surface area contributed by atoms with Crippen molar-refractivity contribution in [3.05, 3.63) is 62.6 Å². The summed E-state index contributed by atoms with van der Waals surface area (Å²) in [6.45, 7) is 0. The van der Waals surface area contributed by atoms with Crippen LogP contribution in [0.1, 0.15) is 5.56 Å². The van der Waals surface area contributed by atoms with E-state index in [0.29, 0.717) is 10.2 Å². The number of nitro groups is 1. The number of benzene rings is 2. The Morgan fingerprint density at radius 3 is 2.81 bits per heavy atom. The number of para-hydroxylation sites is 1. The molecule has 0 spiro atoms. The van der Waals surface area contributed by atoms with Crippen molar-refractivity contribution in [3.63, 3.8) is 0 Å². The van der Waals surface area contributed by atoms with Crippen molar-refractivity contribution in [2.24, 2.45) is 0 Å². The first kappa shape index (κ1) is 14.5. The van der Waals surface area contributed by atoms with E-state index in [0.717, 1.165) is 20.1 Å². The van der Waals surface area contributed by atoms with Gasteiger partial charge in [0.2, 0.25) is 0 Å². The van der Waals surface area contributed by atoms with Crippen molar-refractivity contribution in [1.29, 1.82) is 0 Å². The molecule has 106 valence electrons. The van der Waals surface area contributed by atoms with E-state index in [-0.39, 0.29) is 10.6 Å². The van der Waals surface area contributed by atoms with E-state index in [1.165, 1.54) is 6.07 Å². The quantitative estimate of drug-likeness (QED) is 0.351. The van der Waals surface area contributed by atoms with Crippen molar-refractivity contribution >= 4 is 54.9 Å². The largest absolute Gasteiger partial charge is 0.283 e. The van der Waals surface area contributed by atoms with Gasteiger partial charge in [-0.25, -0.2) is 4.98 Å². The summed E-state index contributed by atoms with van der Waals surface area (Å²) >= 11 is 6.54. The molecule has 0 aliphatic heterocycles. The zero-order chi connectivity index (χ0) is 14.8. The van der Waals surface area contributed by atoms with Crippen molar-refractivity contribution in [3.8, 4) is 0 Å². The number of nitrogens with zero attached hydrogens (tertiary/aromatic N) is 2. The van der Waals surface area contributed by atoms with Crippen molar-refractivity contribution in [2.75, 3.05) is 0 Å². The number of nitro benzene ring substituents is 1. The molecule has 0 radical (unpaired) electrons. The number of aromatic nitrogens is 1. The summed E-state index contributed by atoms with van der Waals surface area (Å²) in [5, 5.41) is 10.9. The smallest absolute Gasteiger partial charge is 0.258 e. The van der Waals surface area contributed by atoms with Gasteiger partial charge in [-0.05, 0) is 33.6 Å². The van der Waals surface area contributed by atoms with Crippen molar-refractivity contribution < 1.29 is 4.92 Å². The number of halogens is 1. The average molecular weight is 381 g/mol.